The van der Waals surface area contributed by atoms with Crippen molar-refractivity contribution < 1.29 is 4.79 Å². The Morgan fingerprint density at radius 1 is 1.50 bits per heavy atom. The van der Waals surface area contributed by atoms with Crippen LogP contribution in [0.3, 0.4) is 0 Å². The van der Waals surface area contributed by atoms with Crippen molar-refractivity contribution in [3.8, 4) is 0 Å². The summed E-state index contributed by atoms with van der Waals surface area (Å²) >= 11 is 3.27. The number of nitrogens with zero attached hydrogens (tertiary/aromatic N) is 1. The third kappa shape index (κ3) is 3.20. The van der Waals surface area contributed by atoms with Crippen molar-refractivity contribution in [2.24, 2.45) is 0 Å². The molecule has 0 aliphatic rings. The number of alkyl halides is 1. The second kappa shape index (κ2) is 5.84. The van der Waals surface area contributed by atoms with Gasteiger partial charge in [0.2, 0.25) is 5.91 Å². The van der Waals surface area contributed by atoms with Gasteiger partial charge in [-0.2, -0.15) is 0 Å². The van der Waals surface area contributed by atoms with Crippen LogP contribution in [-0.4, -0.2) is 15.3 Å². The van der Waals surface area contributed by atoms with Gasteiger partial charge in [0, 0.05) is 18.8 Å². The highest BCUT2D eigenvalue weighted by molar-refractivity contribution is 9.10. The Balaban J connectivity index is 2.82. The van der Waals surface area contributed by atoms with Crippen LogP contribution in [0, 0.1) is 0 Å². The first-order valence-electron chi connectivity index (χ1n) is 5.23. The molecule has 88 valence electrons. The van der Waals surface area contributed by atoms with Gasteiger partial charge >= 0.3 is 0 Å². The second-order valence-electron chi connectivity index (χ2n) is 3.41. The normalized spacial score (nSPS) is 12.2. The predicted molar refractivity (Wildman–Crippen MR) is 68.0 cm³/mol. The van der Waals surface area contributed by atoms with E-state index in [1.165, 1.54) is 6.07 Å². The number of carbonyl (C=O) groups excluding carboxylic acids is 1. The standard InChI is InChI=1S/C11H15BrN2O2/c1-3-9(12)11(16)13-8-5-6-10(15)14(4-2)7-8/h5-7,9H,3-4H2,1-2H3,(H,13,16). The smallest absolute Gasteiger partial charge is 0.250 e. The molecular weight excluding hydrogens is 272 g/mol. The first kappa shape index (κ1) is 13.0. The molecule has 1 aromatic heterocycles. The van der Waals surface area contributed by atoms with Crippen molar-refractivity contribution >= 4 is 27.5 Å². The summed E-state index contributed by atoms with van der Waals surface area (Å²) in [7, 11) is 0. The average molecular weight is 287 g/mol. The number of anilines is 1. The van der Waals surface area contributed by atoms with Crippen LogP contribution in [0.1, 0.15) is 20.3 Å². The third-order valence-corrected chi connectivity index (χ3v) is 3.30. The molecule has 0 bridgehead atoms. The van der Waals surface area contributed by atoms with Gasteiger partial charge < -0.3 is 9.88 Å². The summed E-state index contributed by atoms with van der Waals surface area (Å²) in [4.78, 5) is 22.7. The number of carbonyl (C=O) groups is 1. The second-order valence-corrected chi connectivity index (χ2v) is 4.51. The maximum atomic E-state index is 11.6. The Bertz CT molecular complexity index is 428. The molecule has 16 heavy (non-hydrogen) atoms. The van der Waals surface area contributed by atoms with Crippen LogP contribution in [0.4, 0.5) is 5.69 Å². The lowest BCUT2D eigenvalue weighted by atomic mass is 10.3. The van der Waals surface area contributed by atoms with Crippen LogP contribution < -0.4 is 10.9 Å². The summed E-state index contributed by atoms with van der Waals surface area (Å²) in [6.45, 7) is 4.40. The van der Waals surface area contributed by atoms with Gasteiger partial charge in [0.1, 0.15) is 0 Å². The monoisotopic (exact) mass is 286 g/mol. The zero-order valence-corrected chi connectivity index (χ0v) is 11.0. The van der Waals surface area contributed by atoms with Gasteiger partial charge in [0.25, 0.3) is 5.56 Å². The summed E-state index contributed by atoms with van der Waals surface area (Å²) < 4.78 is 1.55. The summed E-state index contributed by atoms with van der Waals surface area (Å²) in [5.41, 5.74) is 0.579. The molecule has 0 radical (unpaired) electrons. The van der Waals surface area contributed by atoms with E-state index in [2.05, 4.69) is 21.2 Å². The van der Waals surface area contributed by atoms with Gasteiger partial charge in [-0.05, 0) is 19.4 Å². The van der Waals surface area contributed by atoms with E-state index in [0.717, 1.165) is 6.42 Å². The number of amides is 1. The molecule has 1 unspecified atom stereocenters. The fourth-order valence-corrected chi connectivity index (χ4v) is 1.37. The fraction of sp³-hybridized carbons (Fsp3) is 0.455. The molecule has 4 nitrogen and oxygen atoms in total. The van der Waals surface area contributed by atoms with E-state index in [1.54, 1.807) is 16.8 Å². The molecule has 1 atom stereocenters. The summed E-state index contributed by atoms with van der Waals surface area (Å²) in [5, 5.41) is 2.75. The van der Waals surface area contributed by atoms with E-state index in [0.29, 0.717) is 12.2 Å². The van der Waals surface area contributed by atoms with E-state index in [9.17, 15) is 9.59 Å². The molecule has 0 fully saturated rings. The van der Waals surface area contributed by atoms with E-state index < -0.39 is 0 Å². The maximum Gasteiger partial charge on any atom is 0.250 e. The van der Waals surface area contributed by atoms with Gasteiger partial charge in [-0.25, -0.2) is 0 Å². The molecule has 0 aliphatic heterocycles. The zero-order valence-electron chi connectivity index (χ0n) is 9.37. The molecule has 1 heterocycles. The number of aryl methyl sites for hydroxylation is 1. The lowest BCUT2D eigenvalue weighted by molar-refractivity contribution is -0.115. The number of nitrogens with one attached hydrogen (secondary N) is 1. The topological polar surface area (TPSA) is 51.1 Å². The quantitative estimate of drug-likeness (QED) is 0.861. The zero-order chi connectivity index (χ0) is 12.1. The van der Waals surface area contributed by atoms with Crippen LogP contribution in [0.2, 0.25) is 0 Å². The minimum atomic E-state index is -0.200. The van der Waals surface area contributed by atoms with E-state index in [-0.39, 0.29) is 16.3 Å². The SMILES string of the molecule is CCC(Br)C(=O)Nc1ccc(=O)n(CC)c1. The van der Waals surface area contributed by atoms with Crippen molar-refractivity contribution in [3.05, 3.63) is 28.7 Å². The molecular formula is C11H15BrN2O2. The molecule has 1 aromatic rings. The highest BCUT2D eigenvalue weighted by atomic mass is 79.9. The minimum absolute atomic E-state index is 0.0635. The Labute approximate surface area is 103 Å². The van der Waals surface area contributed by atoms with Crippen LogP contribution in [0.15, 0.2) is 23.1 Å². The molecule has 0 aromatic carbocycles. The maximum absolute atomic E-state index is 11.6. The number of rotatable bonds is 4. The summed E-state index contributed by atoms with van der Waals surface area (Å²) in [6.07, 6.45) is 2.37. The van der Waals surface area contributed by atoms with Crippen LogP contribution in [0.25, 0.3) is 0 Å². The Morgan fingerprint density at radius 2 is 2.19 bits per heavy atom. The number of hydrogen-bond acceptors (Lipinski definition) is 2. The van der Waals surface area contributed by atoms with Crippen molar-refractivity contribution in [2.45, 2.75) is 31.6 Å². The third-order valence-electron chi connectivity index (χ3n) is 2.23. The van der Waals surface area contributed by atoms with Crippen molar-refractivity contribution in [1.29, 1.82) is 0 Å². The van der Waals surface area contributed by atoms with Gasteiger partial charge in [-0.3, -0.25) is 9.59 Å². The predicted octanol–water partition coefficient (Wildman–Crippen LogP) is 1.98. The van der Waals surface area contributed by atoms with Crippen LogP contribution in [-0.2, 0) is 11.3 Å². The summed E-state index contributed by atoms with van der Waals surface area (Å²) in [6, 6.07) is 3.07. The number of pyridine rings is 1. The first-order valence-corrected chi connectivity index (χ1v) is 6.15. The lowest BCUT2D eigenvalue weighted by Gasteiger charge is -2.10. The number of hydrogen-bond donors (Lipinski definition) is 1. The lowest BCUT2D eigenvalue weighted by Crippen LogP contribution is -2.24. The van der Waals surface area contributed by atoms with Gasteiger partial charge in [-0.15, -0.1) is 0 Å². The van der Waals surface area contributed by atoms with E-state index in [4.69, 9.17) is 0 Å². The van der Waals surface area contributed by atoms with Gasteiger partial charge in [-0.1, -0.05) is 22.9 Å². The largest absolute Gasteiger partial charge is 0.324 e. The number of aromatic nitrogens is 1. The molecule has 0 saturated heterocycles. The van der Waals surface area contributed by atoms with Gasteiger partial charge in [0.15, 0.2) is 0 Å². The van der Waals surface area contributed by atoms with Gasteiger partial charge in [0.05, 0.1) is 10.5 Å². The number of halogens is 1. The van der Waals surface area contributed by atoms with Crippen LogP contribution in [0.5, 0.6) is 0 Å². The minimum Gasteiger partial charge on any atom is -0.324 e. The average Bonchev–Trinajstić information content (AvgIpc) is 2.30. The molecule has 0 saturated carbocycles. The van der Waals surface area contributed by atoms with E-state index >= 15 is 0 Å². The molecule has 5 heteroatoms. The highest BCUT2D eigenvalue weighted by Gasteiger charge is 2.12. The van der Waals surface area contributed by atoms with Crippen molar-refractivity contribution in [2.75, 3.05) is 5.32 Å². The first-order chi connectivity index (χ1) is 7.58. The Morgan fingerprint density at radius 3 is 2.75 bits per heavy atom. The van der Waals surface area contributed by atoms with E-state index in [1.807, 2.05) is 13.8 Å². The highest BCUT2D eigenvalue weighted by Crippen LogP contribution is 2.09. The Kier molecular flexibility index (Phi) is 4.73. The summed E-state index contributed by atoms with van der Waals surface area (Å²) in [5.74, 6) is -0.0937. The molecule has 1 amide bonds. The molecule has 1 rings (SSSR count). The van der Waals surface area contributed by atoms with Crippen molar-refractivity contribution in [3.63, 3.8) is 0 Å². The van der Waals surface area contributed by atoms with Crippen LogP contribution >= 0.6 is 15.9 Å². The van der Waals surface area contributed by atoms with Crippen molar-refractivity contribution in [1.82, 2.24) is 4.57 Å². The fourth-order valence-electron chi connectivity index (χ4n) is 1.26. The molecule has 0 spiro atoms. The Hall–Kier alpha value is -1.10. The molecule has 0 aliphatic carbocycles. The molecule has 1 N–H and O–H groups in total.